The number of rotatable bonds is 5. The fraction of sp³-hybridized carbons (Fsp3) is 1.00. The number of aliphatic hydroxyl groups is 7. The Hall–Kier alpha value is -0.440. The van der Waals surface area contributed by atoms with Crippen molar-refractivity contribution in [2.24, 2.45) is 0 Å². The van der Waals surface area contributed by atoms with Crippen LogP contribution in [-0.2, 0) is 18.9 Å². The number of hydrogen-bond acceptors (Lipinski definition) is 11. The van der Waals surface area contributed by atoms with E-state index in [0.717, 1.165) is 0 Å². The average molecular weight is 356 g/mol. The van der Waals surface area contributed by atoms with E-state index in [0.29, 0.717) is 0 Å². The van der Waals surface area contributed by atoms with E-state index < -0.39 is 68.0 Å². The van der Waals surface area contributed by atoms with Gasteiger partial charge >= 0.3 is 0 Å². The van der Waals surface area contributed by atoms with Gasteiger partial charge in [-0.25, -0.2) is 0 Å². The zero-order valence-corrected chi connectivity index (χ0v) is 13.0. The molecule has 0 aliphatic carbocycles. The monoisotopic (exact) mass is 356 g/mol. The standard InChI is InChI=1S/C13H24O11/c1-21-2-4-6(14)9(17)11(19)13(24-4)22-3-5-7(15)8(16)10(18)12(20)23-5/h4-20H,2-3H2,1H3/t4?,5?,6-,7-,8+,9+,10?,11?,12?,13+/m1/s1. The summed E-state index contributed by atoms with van der Waals surface area (Å²) in [4.78, 5) is 0. The van der Waals surface area contributed by atoms with Crippen molar-refractivity contribution >= 4 is 0 Å². The van der Waals surface area contributed by atoms with Gasteiger partial charge in [0.25, 0.3) is 0 Å². The first-order valence-corrected chi connectivity index (χ1v) is 7.45. The molecule has 0 spiro atoms. The van der Waals surface area contributed by atoms with Gasteiger partial charge in [0.2, 0.25) is 0 Å². The Labute approximate surface area is 137 Å². The summed E-state index contributed by atoms with van der Waals surface area (Å²) in [5, 5.41) is 67.7. The summed E-state index contributed by atoms with van der Waals surface area (Å²) in [6, 6.07) is 0. The van der Waals surface area contributed by atoms with Crippen LogP contribution in [0.5, 0.6) is 0 Å². The maximum atomic E-state index is 9.89. The van der Waals surface area contributed by atoms with E-state index >= 15 is 0 Å². The second-order valence-electron chi connectivity index (χ2n) is 5.84. The minimum atomic E-state index is -1.72. The van der Waals surface area contributed by atoms with E-state index in [1.165, 1.54) is 7.11 Å². The van der Waals surface area contributed by atoms with Crippen LogP contribution in [0.4, 0.5) is 0 Å². The molecule has 24 heavy (non-hydrogen) atoms. The first-order chi connectivity index (χ1) is 11.3. The minimum Gasteiger partial charge on any atom is -0.387 e. The van der Waals surface area contributed by atoms with Crippen molar-refractivity contribution in [3.63, 3.8) is 0 Å². The lowest BCUT2D eigenvalue weighted by atomic mass is 9.98. The summed E-state index contributed by atoms with van der Waals surface area (Å²) >= 11 is 0. The zero-order chi connectivity index (χ0) is 18.0. The van der Waals surface area contributed by atoms with E-state index in [1.807, 2.05) is 0 Å². The van der Waals surface area contributed by atoms with E-state index in [-0.39, 0.29) is 6.61 Å². The largest absolute Gasteiger partial charge is 0.387 e. The third-order valence-corrected chi connectivity index (χ3v) is 4.11. The highest BCUT2D eigenvalue weighted by atomic mass is 16.7. The third kappa shape index (κ3) is 4.03. The summed E-state index contributed by atoms with van der Waals surface area (Å²) in [6.07, 6.45) is -14.6. The van der Waals surface area contributed by atoms with Crippen LogP contribution < -0.4 is 0 Å². The first kappa shape index (κ1) is 19.9. The Bertz CT molecular complexity index is 396. The molecule has 142 valence electrons. The van der Waals surface area contributed by atoms with Gasteiger partial charge in [0.1, 0.15) is 48.8 Å². The number of hydrogen-bond donors (Lipinski definition) is 7. The van der Waals surface area contributed by atoms with Crippen LogP contribution in [0, 0.1) is 0 Å². The molecular weight excluding hydrogens is 332 g/mol. The third-order valence-electron chi connectivity index (χ3n) is 4.11. The van der Waals surface area contributed by atoms with Gasteiger partial charge in [-0.2, -0.15) is 0 Å². The molecule has 0 radical (unpaired) electrons. The lowest BCUT2D eigenvalue weighted by Gasteiger charge is -2.42. The van der Waals surface area contributed by atoms with Gasteiger partial charge in [0.05, 0.1) is 13.2 Å². The molecule has 2 saturated heterocycles. The van der Waals surface area contributed by atoms with Crippen LogP contribution in [0.15, 0.2) is 0 Å². The molecule has 0 aromatic carbocycles. The second kappa shape index (κ2) is 8.29. The maximum Gasteiger partial charge on any atom is 0.186 e. The van der Waals surface area contributed by atoms with Crippen molar-refractivity contribution in [2.45, 2.75) is 61.4 Å². The quantitative estimate of drug-likeness (QED) is 0.251. The molecule has 2 aliphatic heterocycles. The van der Waals surface area contributed by atoms with Gasteiger partial charge in [0.15, 0.2) is 12.6 Å². The first-order valence-electron chi connectivity index (χ1n) is 7.45. The van der Waals surface area contributed by atoms with Gasteiger partial charge in [-0.3, -0.25) is 0 Å². The lowest BCUT2D eigenvalue weighted by Crippen LogP contribution is -2.61. The SMILES string of the molecule is COCC1O[C@H](OCC2OC(O)C(O)[C@@H](O)[C@@H]2O)C(O)[C@@H](O)[C@@H]1O. The zero-order valence-electron chi connectivity index (χ0n) is 13.0. The maximum absolute atomic E-state index is 9.89. The molecule has 0 amide bonds. The normalized spacial score (nSPS) is 50.0. The Morgan fingerprint density at radius 2 is 1.21 bits per heavy atom. The molecule has 2 rings (SSSR count). The predicted octanol–water partition coefficient (Wildman–Crippen LogP) is -4.74. The Kier molecular flexibility index (Phi) is 6.87. The summed E-state index contributed by atoms with van der Waals surface area (Å²) in [5.74, 6) is 0. The van der Waals surface area contributed by atoms with Crippen LogP contribution in [0.2, 0.25) is 0 Å². The molecule has 2 fully saturated rings. The molecule has 0 aromatic rings. The highest BCUT2D eigenvalue weighted by Gasteiger charge is 2.46. The van der Waals surface area contributed by atoms with Crippen molar-refractivity contribution < 1.29 is 54.7 Å². The second-order valence-corrected chi connectivity index (χ2v) is 5.84. The van der Waals surface area contributed by atoms with Gasteiger partial charge in [-0.05, 0) is 0 Å². The van der Waals surface area contributed by atoms with E-state index in [9.17, 15) is 35.7 Å². The van der Waals surface area contributed by atoms with E-state index in [4.69, 9.17) is 18.9 Å². The van der Waals surface area contributed by atoms with Crippen LogP contribution in [-0.4, -0.2) is 117 Å². The van der Waals surface area contributed by atoms with Gasteiger partial charge < -0.3 is 54.7 Å². The van der Waals surface area contributed by atoms with Gasteiger partial charge in [-0.1, -0.05) is 0 Å². The molecule has 11 heteroatoms. The van der Waals surface area contributed by atoms with Crippen molar-refractivity contribution in [1.29, 1.82) is 0 Å². The summed E-state index contributed by atoms with van der Waals surface area (Å²) < 4.78 is 20.3. The predicted molar refractivity (Wildman–Crippen MR) is 73.4 cm³/mol. The smallest absolute Gasteiger partial charge is 0.186 e. The summed E-state index contributed by atoms with van der Waals surface area (Å²) in [7, 11) is 1.36. The Morgan fingerprint density at radius 1 is 0.667 bits per heavy atom. The Morgan fingerprint density at radius 3 is 1.79 bits per heavy atom. The highest BCUT2D eigenvalue weighted by molar-refractivity contribution is 4.91. The molecule has 0 saturated carbocycles. The summed E-state index contributed by atoms with van der Waals surface area (Å²) in [5.41, 5.74) is 0. The average Bonchev–Trinajstić information content (AvgIpc) is 2.56. The molecule has 10 atom stereocenters. The van der Waals surface area contributed by atoms with Crippen LogP contribution >= 0.6 is 0 Å². The number of ether oxygens (including phenoxy) is 4. The van der Waals surface area contributed by atoms with Crippen LogP contribution in [0.3, 0.4) is 0 Å². The molecule has 2 heterocycles. The summed E-state index contributed by atoms with van der Waals surface area (Å²) in [6.45, 7) is -0.483. The number of methoxy groups -OCH3 is 1. The van der Waals surface area contributed by atoms with Crippen LogP contribution in [0.25, 0.3) is 0 Å². The molecule has 5 unspecified atom stereocenters. The molecule has 2 aliphatic rings. The number of aliphatic hydroxyl groups excluding tert-OH is 7. The molecule has 0 aromatic heterocycles. The highest BCUT2D eigenvalue weighted by Crippen LogP contribution is 2.25. The fourth-order valence-electron chi connectivity index (χ4n) is 2.61. The Balaban J connectivity index is 1.94. The topological polar surface area (TPSA) is 179 Å². The molecular formula is C13H24O11. The van der Waals surface area contributed by atoms with E-state index in [1.54, 1.807) is 0 Å². The van der Waals surface area contributed by atoms with Crippen molar-refractivity contribution in [3.05, 3.63) is 0 Å². The van der Waals surface area contributed by atoms with E-state index in [2.05, 4.69) is 0 Å². The molecule has 7 N–H and O–H groups in total. The molecule has 11 nitrogen and oxygen atoms in total. The fourth-order valence-corrected chi connectivity index (χ4v) is 2.61. The van der Waals surface area contributed by atoms with Crippen molar-refractivity contribution in [3.8, 4) is 0 Å². The van der Waals surface area contributed by atoms with Crippen molar-refractivity contribution in [2.75, 3.05) is 20.3 Å². The van der Waals surface area contributed by atoms with Gasteiger partial charge in [-0.15, -0.1) is 0 Å². The molecule has 0 bridgehead atoms. The van der Waals surface area contributed by atoms with Crippen molar-refractivity contribution in [1.82, 2.24) is 0 Å². The van der Waals surface area contributed by atoms with Crippen LogP contribution in [0.1, 0.15) is 0 Å². The minimum absolute atomic E-state index is 0.0586. The van der Waals surface area contributed by atoms with Gasteiger partial charge in [0, 0.05) is 7.11 Å². The lowest BCUT2D eigenvalue weighted by molar-refractivity contribution is -0.326.